The zero-order valence-electron chi connectivity index (χ0n) is 14.4. The number of β-amino-alcohol motifs (C(OH)–C–C–N with tert-alkyl or cyclic N) is 1. The third-order valence-electron chi connectivity index (χ3n) is 4.11. The van der Waals surface area contributed by atoms with Gasteiger partial charge in [0.25, 0.3) is 0 Å². The Morgan fingerprint density at radius 1 is 1.38 bits per heavy atom. The number of halogens is 1. The van der Waals surface area contributed by atoms with Gasteiger partial charge in [-0.05, 0) is 57.5 Å². The number of nitrogens with zero attached hydrogens (tertiary/aromatic N) is 1. The highest BCUT2D eigenvalue weighted by atomic mass is 35.5. The number of aliphatic hydroxyl groups excluding tert-OH is 1. The van der Waals surface area contributed by atoms with E-state index >= 15 is 0 Å². The first-order valence-corrected chi connectivity index (χ1v) is 8.35. The van der Waals surface area contributed by atoms with Crippen molar-refractivity contribution in [3.05, 3.63) is 29.8 Å². The number of aliphatic hydroxyl groups is 1. The number of esters is 1. The van der Waals surface area contributed by atoms with Crippen molar-refractivity contribution in [3.63, 3.8) is 0 Å². The van der Waals surface area contributed by atoms with Gasteiger partial charge in [0.05, 0.1) is 12.5 Å². The minimum absolute atomic E-state index is 0. The van der Waals surface area contributed by atoms with Gasteiger partial charge in [0.1, 0.15) is 18.5 Å². The second-order valence-electron chi connectivity index (χ2n) is 6.11. The third kappa shape index (κ3) is 6.67. The van der Waals surface area contributed by atoms with Crippen LogP contribution in [0.2, 0.25) is 0 Å². The fourth-order valence-electron chi connectivity index (χ4n) is 2.86. The Morgan fingerprint density at radius 3 is 2.71 bits per heavy atom. The molecule has 0 saturated carbocycles. The van der Waals surface area contributed by atoms with Crippen LogP contribution in [0.3, 0.4) is 0 Å². The molecule has 1 aliphatic rings. The Balaban J connectivity index is 0.00000288. The van der Waals surface area contributed by atoms with Gasteiger partial charge in [-0.25, -0.2) is 0 Å². The number of carbonyl (C=O) groups is 1. The summed E-state index contributed by atoms with van der Waals surface area (Å²) in [6, 6.07) is 7.80. The second-order valence-corrected chi connectivity index (χ2v) is 6.11. The Labute approximate surface area is 150 Å². The van der Waals surface area contributed by atoms with E-state index in [0.29, 0.717) is 13.2 Å². The van der Waals surface area contributed by atoms with Gasteiger partial charge in [-0.3, -0.25) is 4.79 Å². The number of carbonyl (C=O) groups excluding carboxylic acids is 1. The number of likely N-dealkylation sites (tertiary alicyclic amines) is 1. The van der Waals surface area contributed by atoms with Crippen molar-refractivity contribution < 1.29 is 31.8 Å². The molecular weight excluding hydrogens is 330 g/mol. The smallest absolute Gasteiger partial charge is 0.309 e. The molecule has 1 aliphatic heterocycles. The van der Waals surface area contributed by atoms with Crippen LogP contribution < -0.4 is 17.1 Å². The van der Waals surface area contributed by atoms with Crippen LogP contribution in [-0.2, 0) is 9.53 Å². The zero-order valence-corrected chi connectivity index (χ0v) is 15.2. The summed E-state index contributed by atoms with van der Waals surface area (Å²) in [7, 11) is 0. The highest BCUT2D eigenvalue weighted by molar-refractivity contribution is 5.72. The van der Waals surface area contributed by atoms with Crippen LogP contribution in [0.15, 0.2) is 24.3 Å². The summed E-state index contributed by atoms with van der Waals surface area (Å²) in [5.74, 6) is 0.701. The van der Waals surface area contributed by atoms with Crippen LogP contribution in [0.25, 0.3) is 0 Å². The van der Waals surface area contributed by atoms with E-state index in [1.165, 1.54) is 0 Å². The number of piperidine rings is 1. The summed E-state index contributed by atoms with van der Waals surface area (Å²) < 4.78 is 10.7. The summed E-state index contributed by atoms with van der Waals surface area (Å²) in [5.41, 5.74) is 1.14. The van der Waals surface area contributed by atoms with E-state index in [2.05, 4.69) is 4.90 Å². The van der Waals surface area contributed by atoms with Gasteiger partial charge in [-0.15, -0.1) is 0 Å². The van der Waals surface area contributed by atoms with Gasteiger partial charge < -0.3 is 31.9 Å². The quantitative estimate of drug-likeness (QED) is 0.636. The first-order chi connectivity index (χ1) is 11.1. The molecule has 0 aliphatic carbocycles. The first-order valence-electron chi connectivity index (χ1n) is 8.35. The van der Waals surface area contributed by atoms with E-state index in [1.54, 1.807) is 0 Å². The molecule has 136 valence electrons. The normalized spacial score (nSPS) is 17.0. The molecule has 1 N–H and O–H groups in total. The van der Waals surface area contributed by atoms with Crippen LogP contribution >= 0.6 is 0 Å². The molecule has 0 radical (unpaired) electrons. The van der Waals surface area contributed by atoms with Gasteiger partial charge in [0.15, 0.2) is 0 Å². The lowest BCUT2D eigenvalue weighted by atomic mass is 9.97. The molecule has 1 aromatic rings. The number of rotatable bonds is 7. The van der Waals surface area contributed by atoms with Gasteiger partial charge >= 0.3 is 5.97 Å². The maximum atomic E-state index is 11.7. The molecule has 0 bridgehead atoms. The summed E-state index contributed by atoms with van der Waals surface area (Å²) in [6.45, 7) is 6.75. The minimum atomic E-state index is -0.533. The number of hydrogen-bond donors (Lipinski definition) is 1. The van der Waals surface area contributed by atoms with Crippen LogP contribution in [-0.4, -0.2) is 54.9 Å². The summed E-state index contributed by atoms with van der Waals surface area (Å²) >= 11 is 0. The molecule has 1 atom stereocenters. The number of ether oxygens (including phenoxy) is 2. The van der Waals surface area contributed by atoms with Crippen molar-refractivity contribution in [1.82, 2.24) is 4.90 Å². The standard InChI is InChI=1S/C18H27NO4.ClH/c1-3-22-18(21)15-7-9-19(10-8-15)12-16(20)13-23-17-6-4-5-14(2)11-17;/h4-6,11,15-16,20H,3,7-10,12-13H2,1-2H3;1H/p-1. The summed E-state index contributed by atoms with van der Waals surface area (Å²) in [4.78, 5) is 13.9. The molecule has 2 rings (SSSR count). The van der Waals surface area contributed by atoms with E-state index in [-0.39, 0.29) is 30.9 Å². The van der Waals surface area contributed by atoms with Gasteiger partial charge in [0, 0.05) is 6.54 Å². The van der Waals surface area contributed by atoms with E-state index in [1.807, 2.05) is 38.1 Å². The average Bonchev–Trinajstić information content (AvgIpc) is 2.54. The third-order valence-corrected chi connectivity index (χ3v) is 4.11. The maximum Gasteiger partial charge on any atom is 0.309 e. The zero-order chi connectivity index (χ0) is 16.7. The lowest BCUT2D eigenvalue weighted by Gasteiger charge is -2.32. The van der Waals surface area contributed by atoms with Gasteiger partial charge in [0.2, 0.25) is 0 Å². The SMILES string of the molecule is CCOC(=O)C1CCN(CC(O)COc2cccc(C)c2)CC1.[Cl-]. The lowest BCUT2D eigenvalue weighted by Crippen LogP contribution is -3.00. The van der Waals surface area contributed by atoms with Gasteiger partial charge in [-0.1, -0.05) is 12.1 Å². The second kappa shape index (κ2) is 10.5. The predicted molar refractivity (Wildman–Crippen MR) is 88.5 cm³/mol. The van der Waals surface area contributed by atoms with Crippen molar-refractivity contribution in [1.29, 1.82) is 0 Å². The van der Waals surface area contributed by atoms with Crippen molar-refractivity contribution in [2.24, 2.45) is 5.92 Å². The number of benzene rings is 1. The lowest BCUT2D eigenvalue weighted by molar-refractivity contribution is -0.149. The average molecular weight is 357 g/mol. The molecule has 1 heterocycles. The molecule has 6 heteroatoms. The molecule has 0 spiro atoms. The van der Waals surface area contributed by atoms with Crippen molar-refractivity contribution >= 4 is 5.97 Å². The van der Waals surface area contributed by atoms with Crippen LogP contribution in [0.4, 0.5) is 0 Å². The Hall–Kier alpha value is -1.30. The van der Waals surface area contributed by atoms with Crippen molar-refractivity contribution in [2.45, 2.75) is 32.8 Å². The fraction of sp³-hybridized carbons (Fsp3) is 0.611. The maximum absolute atomic E-state index is 11.7. The van der Waals surface area contributed by atoms with E-state index in [4.69, 9.17) is 9.47 Å². The molecule has 5 nitrogen and oxygen atoms in total. The molecule has 1 unspecified atom stereocenters. The van der Waals surface area contributed by atoms with Crippen molar-refractivity contribution in [2.75, 3.05) is 32.8 Å². The molecule has 1 aromatic carbocycles. The highest BCUT2D eigenvalue weighted by Gasteiger charge is 2.26. The molecule has 0 aromatic heterocycles. The number of aryl methyl sites for hydroxylation is 1. The van der Waals surface area contributed by atoms with Crippen molar-refractivity contribution in [3.8, 4) is 5.75 Å². The number of hydrogen-bond acceptors (Lipinski definition) is 5. The van der Waals surface area contributed by atoms with Gasteiger partial charge in [-0.2, -0.15) is 0 Å². The van der Waals surface area contributed by atoms with Crippen LogP contribution in [0.1, 0.15) is 25.3 Å². The molecule has 1 saturated heterocycles. The van der Waals surface area contributed by atoms with E-state index < -0.39 is 6.10 Å². The summed E-state index contributed by atoms with van der Waals surface area (Å²) in [5, 5.41) is 10.1. The molecule has 24 heavy (non-hydrogen) atoms. The molecular formula is C18H27ClNO4-. The topological polar surface area (TPSA) is 59.0 Å². The molecule has 1 fully saturated rings. The predicted octanol–water partition coefficient (Wildman–Crippen LogP) is -0.986. The first kappa shape index (κ1) is 20.7. The van der Waals surface area contributed by atoms with E-state index in [9.17, 15) is 9.90 Å². The summed E-state index contributed by atoms with van der Waals surface area (Å²) in [6.07, 6.45) is 1.06. The Kier molecular flexibility index (Phi) is 9.11. The Bertz CT molecular complexity index is 504. The minimum Gasteiger partial charge on any atom is -1.00 e. The monoisotopic (exact) mass is 356 g/mol. The van der Waals surface area contributed by atoms with E-state index in [0.717, 1.165) is 37.2 Å². The largest absolute Gasteiger partial charge is 1.00 e. The molecule has 0 amide bonds. The van der Waals surface area contributed by atoms with Crippen LogP contribution in [0, 0.1) is 12.8 Å². The van der Waals surface area contributed by atoms with Crippen LogP contribution in [0.5, 0.6) is 5.75 Å². The Morgan fingerprint density at radius 2 is 2.08 bits per heavy atom. The fourth-order valence-corrected chi connectivity index (χ4v) is 2.86. The highest BCUT2D eigenvalue weighted by Crippen LogP contribution is 2.19.